The van der Waals surface area contributed by atoms with Crippen LogP contribution < -0.4 is 5.32 Å². The topological polar surface area (TPSA) is 58.4 Å². The Kier molecular flexibility index (Phi) is 4.92. The third-order valence-corrected chi connectivity index (χ3v) is 5.01. The number of rotatable bonds is 2. The van der Waals surface area contributed by atoms with Crippen LogP contribution in [0.25, 0.3) is 11.3 Å². The van der Waals surface area contributed by atoms with E-state index in [2.05, 4.69) is 15.4 Å². The van der Waals surface area contributed by atoms with Crippen LogP contribution in [0.2, 0.25) is 0 Å². The molecule has 2 aromatic rings. The second-order valence-corrected chi connectivity index (χ2v) is 6.42. The Morgan fingerprint density at radius 2 is 1.96 bits per heavy atom. The summed E-state index contributed by atoms with van der Waals surface area (Å²) < 4.78 is 5.37. The number of benzene rings is 1. The molecule has 2 unspecified atom stereocenters. The van der Waals surface area contributed by atoms with Crippen molar-refractivity contribution in [1.29, 1.82) is 0 Å². The summed E-state index contributed by atoms with van der Waals surface area (Å²) in [5, 5.41) is 7.59. The lowest BCUT2D eigenvalue weighted by molar-refractivity contribution is 0.0679. The molecule has 1 N–H and O–H groups in total. The molecule has 2 atom stereocenters. The van der Waals surface area contributed by atoms with Crippen molar-refractivity contribution in [1.82, 2.24) is 15.4 Å². The molecule has 0 aliphatic carbocycles. The highest BCUT2D eigenvalue weighted by Crippen LogP contribution is 2.33. The molecule has 1 aromatic carbocycles. The van der Waals surface area contributed by atoms with Crippen molar-refractivity contribution in [2.75, 3.05) is 13.1 Å². The van der Waals surface area contributed by atoms with Crippen LogP contribution in [0.15, 0.2) is 34.9 Å². The monoisotopic (exact) mass is 347 g/mol. The third kappa shape index (κ3) is 2.82. The molecule has 5 nitrogen and oxygen atoms in total. The zero-order valence-corrected chi connectivity index (χ0v) is 14.5. The minimum Gasteiger partial charge on any atom is -0.360 e. The highest BCUT2D eigenvalue weighted by molar-refractivity contribution is 6.01. The molecule has 1 amide bonds. The third-order valence-electron chi connectivity index (χ3n) is 5.01. The van der Waals surface area contributed by atoms with Gasteiger partial charge in [-0.05, 0) is 32.7 Å². The zero-order valence-electron chi connectivity index (χ0n) is 13.7. The number of carbonyl (C=O) groups is 1. The molecular formula is C18H22ClN3O2. The summed E-state index contributed by atoms with van der Waals surface area (Å²) in [5.74, 6) is 0.671. The number of hydrogen-bond acceptors (Lipinski definition) is 4. The Balaban J connectivity index is 0.00000169. The Morgan fingerprint density at radius 3 is 2.75 bits per heavy atom. The van der Waals surface area contributed by atoms with Crippen LogP contribution in [0.3, 0.4) is 0 Å². The van der Waals surface area contributed by atoms with Gasteiger partial charge in [-0.15, -0.1) is 12.4 Å². The quantitative estimate of drug-likeness (QED) is 0.907. The van der Waals surface area contributed by atoms with E-state index in [1.54, 1.807) is 0 Å². The van der Waals surface area contributed by atoms with Gasteiger partial charge in [0.05, 0.1) is 0 Å². The van der Waals surface area contributed by atoms with Crippen LogP contribution in [0.4, 0.5) is 0 Å². The van der Waals surface area contributed by atoms with E-state index in [4.69, 9.17) is 4.52 Å². The first kappa shape index (κ1) is 17.0. The first-order valence-electron chi connectivity index (χ1n) is 8.31. The average Bonchev–Trinajstić information content (AvgIpc) is 3.06. The van der Waals surface area contributed by atoms with Crippen LogP contribution in [-0.2, 0) is 0 Å². The minimum atomic E-state index is 0. The van der Waals surface area contributed by atoms with E-state index < -0.39 is 0 Å². The van der Waals surface area contributed by atoms with Crippen LogP contribution in [0.5, 0.6) is 0 Å². The number of carbonyl (C=O) groups excluding carboxylic acids is 1. The van der Waals surface area contributed by atoms with Crippen molar-refractivity contribution in [2.45, 2.75) is 38.3 Å². The molecular weight excluding hydrogens is 326 g/mol. The fraction of sp³-hybridized carbons (Fsp3) is 0.444. The molecule has 2 aliphatic rings. The van der Waals surface area contributed by atoms with Crippen molar-refractivity contribution in [2.24, 2.45) is 0 Å². The first-order chi connectivity index (χ1) is 11.3. The van der Waals surface area contributed by atoms with Gasteiger partial charge < -0.3 is 14.7 Å². The fourth-order valence-electron chi connectivity index (χ4n) is 3.86. The van der Waals surface area contributed by atoms with Crippen molar-refractivity contribution < 1.29 is 9.32 Å². The maximum Gasteiger partial charge on any atom is 0.260 e. The molecule has 2 saturated heterocycles. The van der Waals surface area contributed by atoms with Gasteiger partial charge in [0.15, 0.2) is 0 Å². The van der Waals surface area contributed by atoms with Crippen LogP contribution in [-0.4, -0.2) is 41.1 Å². The fourth-order valence-corrected chi connectivity index (χ4v) is 3.86. The minimum absolute atomic E-state index is 0. The Bertz CT molecular complexity index is 702. The molecule has 24 heavy (non-hydrogen) atoms. The van der Waals surface area contributed by atoms with E-state index in [-0.39, 0.29) is 24.4 Å². The van der Waals surface area contributed by atoms with Crippen LogP contribution in [0, 0.1) is 6.92 Å². The second-order valence-electron chi connectivity index (χ2n) is 6.42. The zero-order chi connectivity index (χ0) is 15.8. The molecule has 0 radical (unpaired) electrons. The van der Waals surface area contributed by atoms with Gasteiger partial charge in [-0.1, -0.05) is 35.5 Å². The Labute approximate surface area is 147 Å². The van der Waals surface area contributed by atoms with E-state index in [9.17, 15) is 4.79 Å². The summed E-state index contributed by atoms with van der Waals surface area (Å²) in [6.45, 7) is 3.69. The van der Waals surface area contributed by atoms with Gasteiger partial charge in [-0.3, -0.25) is 4.79 Å². The maximum absolute atomic E-state index is 13.3. The molecule has 0 spiro atoms. The smallest absolute Gasteiger partial charge is 0.260 e. The SMILES string of the molecule is Cc1onc(-c2ccccc2)c1C(=O)N1C2CCNCC1CC2.Cl. The van der Waals surface area contributed by atoms with Crippen LogP contribution >= 0.6 is 12.4 Å². The van der Waals surface area contributed by atoms with E-state index in [0.717, 1.165) is 37.9 Å². The van der Waals surface area contributed by atoms with Crippen molar-refractivity contribution >= 4 is 18.3 Å². The van der Waals surface area contributed by atoms with Crippen molar-refractivity contribution in [3.8, 4) is 11.3 Å². The highest BCUT2D eigenvalue weighted by Gasteiger charge is 2.40. The van der Waals surface area contributed by atoms with Crippen molar-refractivity contribution in [3.05, 3.63) is 41.7 Å². The normalized spacial score (nSPS) is 22.8. The maximum atomic E-state index is 13.3. The number of nitrogens with zero attached hydrogens (tertiary/aromatic N) is 2. The van der Waals surface area contributed by atoms with E-state index in [1.807, 2.05) is 37.3 Å². The number of aromatic nitrogens is 1. The number of fused-ring (bicyclic) bond motifs is 2. The molecule has 2 bridgehead atoms. The lowest BCUT2D eigenvalue weighted by Gasteiger charge is -2.27. The largest absolute Gasteiger partial charge is 0.360 e. The summed E-state index contributed by atoms with van der Waals surface area (Å²) >= 11 is 0. The van der Waals surface area contributed by atoms with Gasteiger partial charge in [0.25, 0.3) is 5.91 Å². The summed E-state index contributed by atoms with van der Waals surface area (Å²) in [5.41, 5.74) is 2.20. The summed E-state index contributed by atoms with van der Waals surface area (Å²) in [4.78, 5) is 15.4. The van der Waals surface area contributed by atoms with Crippen molar-refractivity contribution in [3.63, 3.8) is 0 Å². The van der Waals surface area contributed by atoms with Gasteiger partial charge in [-0.25, -0.2) is 0 Å². The first-order valence-corrected chi connectivity index (χ1v) is 8.31. The molecule has 2 fully saturated rings. The predicted molar refractivity (Wildman–Crippen MR) is 94.4 cm³/mol. The number of aryl methyl sites for hydroxylation is 1. The lowest BCUT2D eigenvalue weighted by atomic mass is 10.0. The predicted octanol–water partition coefficient (Wildman–Crippen LogP) is 3.04. The molecule has 3 heterocycles. The summed E-state index contributed by atoms with van der Waals surface area (Å²) in [7, 11) is 0. The number of hydrogen-bond donors (Lipinski definition) is 1. The lowest BCUT2D eigenvalue weighted by Crippen LogP contribution is -2.42. The molecule has 4 rings (SSSR count). The number of nitrogens with one attached hydrogen (secondary N) is 1. The molecule has 6 heteroatoms. The Morgan fingerprint density at radius 1 is 1.21 bits per heavy atom. The van der Waals surface area contributed by atoms with E-state index in [1.165, 1.54) is 0 Å². The number of halogens is 1. The molecule has 128 valence electrons. The van der Waals surface area contributed by atoms with Gasteiger partial charge in [0.1, 0.15) is 17.0 Å². The number of amides is 1. The van der Waals surface area contributed by atoms with Gasteiger partial charge in [0.2, 0.25) is 0 Å². The molecule has 2 aliphatic heterocycles. The molecule has 1 aromatic heterocycles. The summed E-state index contributed by atoms with van der Waals surface area (Å²) in [6.07, 6.45) is 3.20. The standard InChI is InChI=1S/C18H21N3O2.ClH/c1-12-16(17(20-23-12)13-5-3-2-4-6-13)18(22)21-14-7-8-15(21)11-19-10-9-14;/h2-6,14-15,19H,7-11H2,1H3;1H. The molecule has 0 saturated carbocycles. The average molecular weight is 348 g/mol. The van der Waals surface area contributed by atoms with E-state index in [0.29, 0.717) is 23.1 Å². The second kappa shape index (κ2) is 6.95. The highest BCUT2D eigenvalue weighted by atomic mass is 35.5. The Hall–Kier alpha value is -1.85. The van der Waals surface area contributed by atoms with Gasteiger partial charge in [0, 0.05) is 24.2 Å². The van der Waals surface area contributed by atoms with Gasteiger partial charge in [-0.2, -0.15) is 0 Å². The van der Waals surface area contributed by atoms with E-state index >= 15 is 0 Å². The van der Waals surface area contributed by atoms with Crippen LogP contribution in [0.1, 0.15) is 35.4 Å². The summed E-state index contributed by atoms with van der Waals surface area (Å²) in [6, 6.07) is 10.4. The van der Waals surface area contributed by atoms with Gasteiger partial charge >= 0.3 is 0 Å².